The van der Waals surface area contributed by atoms with Gasteiger partial charge in [0.2, 0.25) is 0 Å². The van der Waals surface area contributed by atoms with Crippen LogP contribution in [0.1, 0.15) is 95.6 Å². The van der Waals surface area contributed by atoms with E-state index >= 15 is 0 Å². The highest BCUT2D eigenvalue weighted by Gasteiger charge is 2.52. The average Bonchev–Trinajstić information content (AvgIpc) is 3.30. The molecule has 0 radical (unpaired) electrons. The zero-order valence-corrected chi connectivity index (χ0v) is 23.7. The molecule has 3 atom stereocenters. The van der Waals surface area contributed by atoms with Crippen molar-refractivity contribution in [2.45, 2.75) is 116 Å². The molecule has 2 aromatic rings. The van der Waals surface area contributed by atoms with Gasteiger partial charge in [0, 0.05) is 26.0 Å². The Morgan fingerprint density at radius 2 is 1.30 bits per heavy atom. The second kappa shape index (κ2) is 17.0. The summed E-state index contributed by atoms with van der Waals surface area (Å²) in [7, 11) is 2.24. The third-order valence-electron chi connectivity index (χ3n) is 7.72. The van der Waals surface area contributed by atoms with E-state index in [2.05, 4.69) is 86.5 Å². The Balaban J connectivity index is 1.72. The van der Waals surface area contributed by atoms with Gasteiger partial charge in [0.1, 0.15) is 11.8 Å². The van der Waals surface area contributed by atoms with E-state index in [0.29, 0.717) is 13.2 Å². The molecule has 3 rings (SSSR count). The first-order valence-electron chi connectivity index (χ1n) is 14.8. The Bertz CT molecular complexity index is 830. The number of benzene rings is 2. The minimum absolute atomic E-state index is 0.0275. The predicted octanol–water partition coefficient (Wildman–Crippen LogP) is 8.15. The van der Waals surface area contributed by atoms with Crippen molar-refractivity contribution in [2.75, 3.05) is 20.2 Å². The molecule has 1 saturated carbocycles. The lowest BCUT2D eigenvalue weighted by Crippen LogP contribution is -2.55. The lowest BCUT2D eigenvalue weighted by molar-refractivity contribution is -0.211. The summed E-state index contributed by atoms with van der Waals surface area (Å²) >= 11 is 0. The van der Waals surface area contributed by atoms with Crippen LogP contribution >= 0.6 is 0 Å². The van der Waals surface area contributed by atoms with Gasteiger partial charge in [-0.25, -0.2) is 0 Å². The number of nitrogens with zero attached hydrogens (tertiary/aromatic N) is 1. The maximum absolute atomic E-state index is 6.89. The fourth-order valence-corrected chi connectivity index (χ4v) is 5.43. The zero-order chi connectivity index (χ0) is 26.2. The first kappa shape index (κ1) is 29.8. The third-order valence-corrected chi connectivity index (χ3v) is 7.72. The molecule has 206 valence electrons. The topological polar surface area (TPSA) is 30.9 Å². The van der Waals surface area contributed by atoms with Gasteiger partial charge in [0.25, 0.3) is 0 Å². The number of hydrogen-bond donors (Lipinski definition) is 0. The molecule has 0 bridgehead atoms. The van der Waals surface area contributed by atoms with E-state index in [4.69, 9.17) is 14.2 Å². The quantitative estimate of drug-likeness (QED) is 0.141. The second-order valence-corrected chi connectivity index (χ2v) is 10.7. The Kier molecular flexibility index (Phi) is 13.7. The second-order valence-electron chi connectivity index (χ2n) is 10.7. The van der Waals surface area contributed by atoms with E-state index in [1.54, 1.807) is 0 Å². The molecule has 0 aliphatic heterocycles. The van der Waals surface area contributed by atoms with E-state index in [-0.39, 0.29) is 12.2 Å². The van der Waals surface area contributed by atoms with E-state index in [1.165, 1.54) is 62.5 Å². The van der Waals surface area contributed by atoms with Crippen LogP contribution in [0, 0.1) is 0 Å². The number of hydrogen-bond acceptors (Lipinski definition) is 4. The van der Waals surface area contributed by atoms with Gasteiger partial charge < -0.3 is 14.2 Å². The standard InChI is InChI=1S/C33H51NO3/c1-4-6-8-10-18-24-37-33(34(3)23-17-9-7-5-2)26-31(35-27-29-19-13-11-14-20-29)25-32(33)36-28-30-21-15-12-16-22-30/h11-16,19-22,31-32H,4-10,17-18,23-28H2,1-3H3/t31-,32+,33-/m0/s1. The van der Waals surface area contributed by atoms with Gasteiger partial charge in [-0.3, -0.25) is 4.90 Å². The van der Waals surface area contributed by atoms with Crippen LogP contribution in [0.3, 0.4) is 0 Å². The van der Waals surface area contributed by atoms with Crippen LogP contribution in [0.4, 0.5) is 0 Å². The molecule has 0 N–H and O–H groups in total. The Labute approximate surface area is 226 Å². The Morgan fingerprint density at radius 1 is 0.730 bits per heavy atom. The average molecular weight is 510 g/mol. The molecule has 1 aliphatic carbocycles. The smallest absolute Gasteiger partial charge is 0.150 e. The molecule has 0 spiro atoms. The number of rotatable bonds is 19. The summed E-state index contributed by atoms with van der Waals surface area (Å²) in [5.41, 5.74) is 1.97. The van der Waals surface area contributed by atoms with Crippen molar-refractivity contribution in [3.8, 4) is 0 Å². The molecular formula is C33H51NO3. The van der Waals surface area contributed by atoms with Crippen LogP contribution < -0.4 is 0 Å². The molecule has 2 aromatic carbocycles. The molecule has 1 fully saturated rings. The maximum Gasteiger partial charge on any atom is 0.150 e. The number of likely N-dealkylation sites (N-methyl/N-ethyl adjacent to an activating group) is 1. The summed E-state index contributed by atoms with van der Waals surface area (Å²) in [6.07, 6.45) is 13.0. The fourth-order valence-electron chi connectivity index (χ4n) is 5.43. The predicted molar refractivity (Wildman–Crippen MR) is 153 cm³/mol. The first-order chi connectivity index (χ1) is 18.2. The van der Waals surface area contributed by atoms with E-state index in [9.17, 15) is 0 Å². The van der Waals surface area contributed by atoms with Crippen LogP contribution in [0.5, 0.6) is 0 Å². The highest BCUT2D eigenvalue weighted by molar-refractivity contribution is 5.14. The highest BCUT2D eigenvalue weighted by Crippen LogP contribution is 2.41. The highest BCUT2D eigenvalue weighted by atomic mass is 16.6. The van der Waals surface area contributed by atoms with Crippen molar-refractivity contribution < 1.29 is 14.2 Å². The molecule has 0 unspecified atom stereocenters. The number of unbranched alkanes of at least 4 members (excludes halogenated alkanes) is 7. The fraction of sp³-hybridized carbons (Fsp3) is 0.636. The molecule has 0 heterocycles. The molecule has 37 heavy (non-hydrogen) atoms. The summed E-state index contributed by atoms with van der Waals surface area (Å²) in [5.74, 6) is 0. The van der Waals surface area contributed by atoms with Gasteiger partial charge in [0.15, 0.2) is 0 Å². The van der Waals surface area contributed by atoms with Gasteiger partial charge in [-0.15, -0.1) is 0 Å². The van der Waals surface area contributed by atoms with Crippen molar-refractivity contribution in [2.24, 2.45) is 0 Å². The SMILES string of the molecule is CCCCCCCO[C@@]1(N(C)CCCCCC)C[C@@H](OCc2ccccc2)C[C@H]1OCc1ccccc1. The van der Waals surface area contributed by atoms with Gasteiger partial charge in [0.05, 0.1) is 19.3 Å². The largest absolute Gasteiger partial charge is 0.373 e. The van der Waals surface area contributed by atoms with Gasteiger partial charge in [-0.05, 0) is 31.0 Å². The van der Waals surface area contributed by atoms with Gasteiger partial charge >= 0.3 is 0 Å². The lowest BCUT2D eigenvalue weighted by Gasteiger charge is -2.43. The Hall–Kier alpha value is -1.72. The monoisotopic (exact) mass is 509 g/mol. The van der Waals surface area contributed by atoms with Crippen LogP contribution in [0.25, 0.3) is 0 Å². The van der Waals surface area contributed by atoms with Crippen molar-refractivity contribution in [3.63, 3.8) is 0 Å². The van der Waals surface area contributed by atoms with E-state index in [0.717, 1.165) is 32.4 Å². The third kappa shape index (κ3) is 9.83. The molecule has 0 aromatic heterocycles. The van der Waals surface area contributed by atoms with Gasteiger partial charge in [-0.2, -0.15) is 0 Å². The summed E-state index contributed by atoms with van der Waals surface area (Å²) in [6, 6.07) is 21.0. The summed E-state index contributed by atoms with van der Waals surface area (Å²) in [6.45, 7) is 7.56. The minimum atomic E-state index is -0.451. The molecule has 1 aliphatic rings. The molecular weight excluding hydrogens is 458 g/mol. The Morgan fingerprint density at radius 3 is 1.92 bits per heavy atom. The molecule has 0 saturated heterocycles. The van der Waals surface area contributed by atoms with Crippen LogP contribution in [0.15, 0.2) is 60.7 Å². The van der Waals surface area contributed by atoms with E-state index < -0.39 is 5.72 Å². The maximum atomic E-state index is 6.89. The van der Waals surface area contributed by atoms with Crippen molar-refractivity contribution in [1.82, 2.24) is 4.90 Å². The van der Waals surface area contributed by atoms with Crippen LogP contribution in [-0.2, 0) is 27.4 Å². The first-order valence-corrected chi connectivity index (χ1v) is 14.8. The molecule has 0 amide bonds. The summed E-state index contributed by atoms with van der Waals surface area (Å²) in [4.78, 5) is 2.45. The van der Waals surface area contributed by atoms with Crippen molar-refractivity contribution in [1.29, 1.82) is 0 Å². The molecule has 4 heteroatoms. The van der Waals surface area contributed by atoms with Crippen LogP contribution in [0.2, 0.25) is 0 Å². The minimum Gasteiger partial charge on any atom is -0.373 e. The van der Waals surface area contributed by atoms with E-state index in [1.807, 2.05) is 0 Å². The summed E-state index contributed by atoms with van der Waals surface area (Å²) in [5, 5.41) is 0. The zero-order valence-electron chi connectivity index (χ0n) is 23.7. The van der Waals surface area contributed by atoms with Crippen molar-refractivity contribution >= 4 is 0 Å². The normalized spacial score (nSPS) is 21.6. The number of ether oxygens (including phenoxy) is 3. The summed E-state index contributed by atoms with van der Waals surface area (Å²) < 4.78 is 20.1. The lowest BCUT2D eigenvalue weighted by atomic mass is 10.1. The molecule has 4 nitrogen and oxygen atoms in total. The van der Waals surface area contributed by atoms with Gasteiger partial charge in [-0.1, -0.05) is 119 Å². The van der Waals surface area contributed by atoms with Crippen LogP contribution in [-0.4, -0.2) is 43.0 Å². The van der Waals surface area contributed by atoms with Crippen molar-refractivity contribution in [3.05, 3.63) is 71.8 Å².